The smallest absolute Gasteiger partial charge is 0.306 e. The quantitative estimate of drug-likeness (QED) is 0.373. The summed E-state index contributed by atoms with van der Waals surface area (Å²) in [5.41, 5.74) is 1.09. The largest absolute Gasteiger partial charge is 0.468 e. The van der Waals surface area contributed by atoms with E-state index in [9.17, 15) is 4.79 Å². The van der Waals surface area contributed by atoms with Gasteiger partial charge in [-0.25, -0.2) is 0 Å². The van der Waals surface area contributed by atoms with Crippen LogP contribution in [0.4, 0.5) is 0 Å². The van der Waals surface area contributed by atoms with Crippen LogP contribution in [-0.4, -0.2) is 25.5 Å². The molecule has 0 saturated heterocycles. The standard InChI is InChI=1S/C19H26O4/c1-3-5-16-9-12-18(16)23-14-22-17-10-6-15(7-11-17)8-13-19(20)21-4-2/h6-7,9-12,16,18H,3-5,8,13-14H2,1-2H3. The van der Waals surface area contributed by atoms with Crippen LogP contribution in [0.3, 0.4) is 0 Å². The van der Waals surface area contributed by atoms with E-state index in [1.165, 1.54) is 6.42 Å². The van der Waals surface area contributed by atoms with E-state index in [1.807, 2.05) is 31.2 Å². The van der Waals surface area contributed by atoms with Gasteiger partial charge in [0.2, 0.25) is 0 Å². The second-order valence-corrected chi connectivity index (χ2v) is 5.68. The number of esters is 1. The Balaban J connectivity index is 1.67. The van der Waals surface area contributed by atoms with Crippen LogP contribution in [0.2, 0.25) is 0 Å². The van der Waals surface area contributed by atoms with Gasteiger partial charge in [-0.15, -0.1) is 0 Å². The number of ether oxygens (including phenoxy) is 3. The van der Waals surface area contributed by atoms with Gasteiger partial charge in [0.1, 0.15) is 5.75 Å². The summed E-state index contributed by atoms with van der Waals surface area (Å²) in [6.45, 7) is 4.69. The maximum atomic E-state index is 11.3. The third-order valence-corrected chi connectivity index (χ3v) is 3.92. The Kier molecular flexibility index (Phi) is 7.14. The van der Waals surface area contributed by atoms with E-state index >= 15 is 0 Å². The van der Waals surface area contributed by atoms with Crippen LogP contribution in [0.25, 0.3) is 0 Å². The third kappa shape index (κ3) is 5.71. The molecule has 2 rings (SSSR count). The second kappa shape index (κ2) is 9.36. The SMILES string of the molecule is CCCC1C=CC1OCOc1ccc(CCC(=O)OCC)cc1. The predicted molar refractivity (Wildman–Crippen MR) is 89.3 cm³/mol. The number of aryl methyl sites for hydroxylation is 1. The molecule has 4 heteroatoms. The van der Waals surface area contributed by atoms with Crippen LogP contribution >= 0.6 is 0 Å². The molecule has 0 amide bonds. The highest BCUT2D eigenvalue weighted by Crippen LogP contribution is 2.26. The van der Waals surface area contributed by atoms with Gasteiger partial charge in [-0.05, 0) is 37.5 Å². The van der Waals surface area contributed by atoms with Crippen LogP contribution in [0.1, 0.15) is 38.7 Å². The van der Waals surface area contributed by atoms with Gasteiger partial charge in [0, 0.05) is 12.3 Å². The molecule has 126 valence electrons. The van der Waals surface area contributed by atoms with E-state index < -0.39 is 0 Å². The highest BCUT2D eigenvalue weighted by molar-refractivity contribution is 5.69. The Morgan fingerprint density at radius 1 is 1.13 bits per heavy atom. The zero-order chi connectivity index (χ0) is 16.5. The molecule has 1 aliphatic carbocycles. The first kappa shape index (κ1) is 17.5. The fraction of sp³-hybridized carbons (Fsp3) is 0.526. The van der Waals surface area contributed by atoms with E-state index in [2.05, 4.69) is 19.1 Å². The molecule has 1 aromatic rings. The van der Waals surface area contributed by atoms with Crippen molar-refractivity contribution < 1.29 is 19.0 Å². The molecule has 0 fully saturated rings. The van der Waals surface area contributed by atoms with Gasteiger partial charge in [-0.3, -0.25) is 4.79 Å². The van der Waals surface area contributed by atoms with Crippen LogP contribution in [-0.2, 0) is 20.7 Å². The molecule has 0 radical (unpaired) electrons. The van der Waals surface area contributed by atoms with Crippen molar-refractivity contribution in [1.29, 1.82) is 0 Å². The maximum Gasteiger partial charge on any atom is 0.306 e. The molecular weight excluding hydrogens is 292 g/mol. The Labute approximate surface area is 138 Å². The maximum absolute atomic E-state index is 11.3. The van der Waals surface area contributed by atoms with Crippen LogP contribution in [0.5, 0.6) is 5.75 Å². The molecule has 0 saturated carbocycles. The van der Waals surface area contributed by atoms with E-state index in [4.69, 9.17) is 14.2 Å². The average molecular weight is 318 g/mol. The average Bonchev–Trinajstić information content (AvgIpc) is 2.55. The number of carbonyl (C=O) groups excluding carboxylic acids is 1. The molecule has 2 unspecified atom stereocenters. The van der Waals surface area contributed by atoms with Gasteiger partial charge < -0.3 is 14.2 Å². The zero-order valence-corrected chi connectivity index (χ0v) is 14.0. The monoisotopic (exact) mass is 318 g/mol. The van der Waals surface area contributed by atoms with Gasteiger partial charge >= 0.3 is 5.97 Å². The first-order valence-corrected chi connectivity index (χ1v) is 8.40. The van der Waals surface area contributed by atoms with Crippen LogP contribution < -0.4 is 4.74 Å². The van der Waals surface area contributed by atoms with E-state index in [0.717, 1.165) is 17.7 Å². The fourth-order valence-electron chi connectivity index (χ4n) is 2.54. The third-order valence-electron chi connectivity index (χ3n) is 3.92. The van der Waals surface area contributed by atoms with Crippen LogP contribution in [0.15, 0.2) is 36.4 Å². The molecule has 0 N–H and O–H groups in total. The topological polar surface area (TPSA) is 44.8 Å². The van der Waals surface area contributed by atoms with Gasteiger partial charge in [-0.1, -0.05) is 37.6 Å². The van der Waals surface area contributed by atoms with Gasteiger partial charge in [0.15, 0.2) is 6.79 Å². The van der Waals surface area contributed by atoms with Crippen molar-refractivity contribution in [3.05, 3.63) is 42.0 Å². The van der Waals surface area contributed by atoms with Gasteiger partial charge in [0.25, 0.3) is 0 Å². The summed E-state index contributed by atoms with van der Waals surface area (Å²) in [5, 5.41) is 0. The van der Waals surface area contributed by atoms with E-state index in [1.54, 1.807) is 0 Å². The summed E-state index contributed by atoms with van der Waals surface area (Å²) < 4.78 is 16.2. The molecule has 0 aliphatic heterocycles. The first-order chi connectivity index (χ1) is 11.2. The lowest BCUT2D eigenvalue weighted by Crippen LogP contribution is -2.29. The highest BCUT2D eigenvalue weighted by Gasteiger charge is 2.23. The molecule has 1 aliphatic rings. The molecular formula is C19H26O4. The number of hydrogen-bond donors (Lipinski definition) is 0. The van der Waals surface area contributed by atoms with Gasteiger partial charge in [-0.2, -0.15) is 0 Å². The zero-order valence-electron chi connectivity index (χ0n) is 14.0. The summed E-state index contributed by atoms with van der Waals surface area (Å²) in [4.78, 5) is 11.3. The summed E-state index contributed by atoms with van der Waals surface area (Å²) in [5.74, 6) is 1.16. The van der Waals surface area contributed by atoms with Crippen molar-refractivity contribution in [2.75, 3.05) is 13.4 Å². The van der Waals surface area contributed by atoms with Crippen molar-refractivity contribution in [3.8, 4) is 5.75 Å². The lowest BCUT2D eigenvalue weighted by Gasteiger charge is -2.28. The molecule has 0 bridgehead atoms. The highest BCUT2D eigenvalue weighted by atomic mass is 16.7. The minimum Gasteiger partial charge on any atom is -0.468 e. The van der Waals surface area contributed by atoms with Crippen molar-refractivity contribution >= 4 is 5.97 Å². The minimum absolute atomic E-state index is 0.156. The van der Waals surface area contributed by atoms with E-state index in [0.29, 0.717) is 25.4 Å². The number of hydrogen-bond acceptors (Lipinski definition) is 4. The Morgan fingerprint density at radius 3 is 2.52 bits per heavy atom. The van der Waals surface area contributed by atoms with E-state index in [-0.39, 0.29) is 18.9 Å². The molecule has 0 heterocycles. The Morgan fingerprint density at radius 2 is 1.91 bits per heavy atom. The molecule has 0 spiro atoms. The second-order valence-electron chi connectivity index (χ2n) is 5.68. The fourth-order valence-corrected chi connectivity index (χ4v) is 2.54. The Hall–Kier alpha value is -1.81. The van der Waals surface area contributed by atoms with Gasteiger partial charge in [0.05, 0.1) is 12.7 Å². The molecule has 0 aromatic heterocycles. The lowest BCUT2D eigenvalue weighted by atomic mass is 9.88. The number of rotatable bonds is 10. The molecule has 23 heavy (non-hydrogen) atoms. The Bertz CT molecular complexity index is 507. The molecule has 4 nitrogen and oxygen atoms in total. The molecule has 1 aromatic carbocycles. The number of benzene rings is 1. The van der Waals surface area contributed by atoms with Crippen molar-refractivity contribution in [3.63, 3.8) is 0 Å². The normalized spacial score (nSPS) is 19.2. The lowest BCUT2D eigenvalue weighted by molar-refractivity contribution is -0.143. The predicted octanol–water partition coefficient (Wildman–Crippen LogP) is 3.89. The minimum atomic E-state index is -0.156. The van der Waals surface area contributed by atoms with Crippen LogP contribution in [0, 0.1) is 5.92 Å². The summed E-state index contributed by atoms with van der Waals surface area (Å²) in [6, 6.07) is 7.75. The summed E-state index contributed by atoms with van der Waals surface area (Å²) in [6.07, 6.45) is 7.90. The van der Waals surface area contributed by atoms with Crippen molar-refractivity contribution in [2.45, 2.75) is 45.6 Å². The van der Waals surface area contributed by atoms with Crippen molar-refractivity contribution in [1.82, 2.24) is 0 Å². The first-order valence-electron chi connectivity index (χ1n) is 8.40. The molecule has 2 atom stereocenters. The summed E-state index contributed by atoms with van der Waals surface area (Å²) in [7, 11) is 0. The summed E-state index contributed by atoms with van der Waals surface area (Å²) >= 11 is 0. The number of carbonyl (C=O) groups is 1. The van der Waals surface area contributed by atoms with Crippen molar-refractivity contribution in [2.24, 2.45) is 5.92 Å².